The highest BCUT2D eigenvalue weighted by Crippen LogP contribution is 2.28. The fourth-order valence-electron chi connectivity index (χ4n) is 3.62. The monoisotopic (exact) mass is 346 g/mol. The highest BCUT2D eigenvalue weighted by Gasteiger charge is 2.38. The molecule has 3 rings (SSSR count). The molecule has 0 saturated carbocycles. The molecule has 0 spiro atoms. The third-order valence-electron chi connectivity index (χ3n) is 5.01. The summed E-state index contributed by atoms with van der Waals surface area (Å²) in [4.78, 5) is 28.7. The Balaban J connectivity index is 1.59. The lowest BCUT2D eigenvalue weighted by Crippen LogP contribution is -2.44. The Labute approximate surface area is 148 Å². The van der Waals surface area contributed by atoms with E-state index in [1.54, 1.807) is 12.0 Å². The number of methoxy groups -OCH3 is 1. The Morgan fingerprint density at radius 2 is 1.88 bits per heavy atom. The molecule has 2 fully saturated rings. The van der Waals surface area contributed by atoms with Gasteiger partial charge in [0.05, 0.1) is 19.1 Å². The number of hydrogen-bond donors (Lipinski definition) is 0. The van der Waals surface area contributed by atoms with Gasteiger partial charge in [0.2, 0.25) is 11.8 Å². The Kier molecular flexibility index (Phi) is 5.58. The number of anilines is 1. The van der Waals surface area contributed by atoms with E-state index in [2.05, 4.69) is 0 Å². The summed E-state index contributed by atoms with van der Waals surface area (Å²) >= 11 is 0. The minimum atomic E-state index is -0.252. The van der Waals surface area contributed by atoms with Gasteiger partial charge in [0.15, 0.2) is 0 Å². The third kappa shape index (κ3) is 3.95. The van der Waals surface area contributed by atoms with E-state index in [-0.39, 0.29) is 30.3 Å². The van der Waals surface area contributed by atoms with Crippen molar-refractivity contribution in [1.82, 2.24) is 4.90 Å². The van der Waals surface area contributed by atoms with Gasteiger partial charge in [0, 0.05) is 38.3 Å². The summed E-state index contributed by atoms with van der Waals surface area (Å²) < 4.78 is 10.8. The molecule has 0 bridgehead atoms. The average Bonchev–Trinajstić information content (AvgIpc) is 3.04. The molecule has 2 saturated heterocycles. The van der Waals surface area contributed by atoms with Gasteiger partial charge < -0.3 is 19.3 Å². The molecular formula is C19H26N2O4. The fraction of sp³-hybridized carbons (Fsp3) is 0.579. The Hall–Kier alpha value is -2.08. The van der Waals surface area contributed by atoms with Crippen LogP contribution in [0, 0.1) is 5.92 Å². The number of benzene rings is 1. The smallest absolute Gasteiger partial charge is 0.228 e. The summed E-state index contributed by atoms with van der Waals surface area (Å²) in [5, 5.41) is 0. The molecule has 136 valence electrons. The number of amides is 2. The van der Waals surface area contributed by atoms with Crippen LogP contribution < -0.4 is 9.64 Å². The maximum absolute atomic E-state index is 12.8. The molecule has 2 aliphatic heterocycles. The Morgan fingerprint density at radius 1 is 1.20 bits per heavy atom. The molecule has 6 heteroatoms. The van der Waals surface area contributed by atoms with E-state index in [1.165, 1.54) is 0 Å². The van der Waals surface area contributed by atoms with Crippen molar-refractivity contribution in [3.05, 3.63) is 24.3 Å². The van der Waals surface area contributed by atoms with Crippen LogP contribution in [0.3, 0.4) is 0 Å². The molecule has 0 aliphatic carbocycles. The van der Waals surface area contributed by atoms with Crippen LogP contribution in [-0.2, 0) is 14.3 Å². The van der Waals surface area contributed by atoms with E-state index in [0.717, 1.165) is 37.4 Å². The predicted molar refractivity (Wildman–Crippen MR) is 94.7 cm³/mol. The van der Waals surface area contributed by atoms with E-state index in [1.807, 2.05) is 36.1 Å². The average molecular weight is 346 g/mol. The molecule has 1 aromatic carbocycles. The van der Waals surface area contributed by atoms with Crippen LogP contribution in [0.15, 0.2) is 24.3 Å². The zero-order chi connectivity index (χ0) is 17.8. The number of carbonyl (C=O) groups is 2. The van der Waals surface area contributed by atoms with Gasteiger partial charge in [-0.05, 0) is 44.0 Å². The first kappa shape index (κ1) is 17.7. The largest absolute Gasteiger partial charge is 0.497 e. The number of rotatable bonds is 5. The zero-order valence-corrected chi connectivity index (χ0v) is 14.9. The predicted octanol–water partition coefficient (Wildman–Crippen LogP) is 2.08. The first-order valence-corrected chi connectivity index (χ1v) is 8.97. The topological polar surface area (TPSA) is 59.1 Å². The molecule has 0 radical (unpaired) electrons. The van der Waals surface area contributed by atoms with Crippen LogP contribution in [0.1, 0.15) is 26.2 Å². The Bertz CT molecular complexity index is 608. The van der Waals surface area contributed by atoms with Crippen molar-refractivity contribution < 1.29 is 19.1 Å². The van der Waals surface area contributed by atoms with Gasteiger partial charge in [0.1, 0.15) is 5.75 Å². The molecule has 25 heavy (non-hydrogen) atoms. The summed E-state index contributed by atoms with van der Waals surface area (Å²) in [5.41, 5.74) is 0.816. The van der Waals surface area contributed by atoms with Crippen molar-refractivity contribution in [3.63, 3.8) is 0 Å². The molecule has 0 aromatic heterocycles. The summed E-state index contributed by atoms with van der Waals surface area (Å²) in [6, 6.07) is 7.38. The van der Waals surface area contributed by atoms with Gasteiger partial charge in [-0.3, -0.25) is 9.59 Å². The maximum atomic E-state index is 12.8. The Morgan fingerprint density at radius 3 is 2.48 bits per heavy atom. The molecular weight excluding hydrogens is 320 g/mol. The number of piperidine rings is 1. The van der Waals surface area contributed by atoms with Crippen LogP contribution in [0.4, 0.5) is 5.69 Å². The van der Waals surface area contributed by atoms with E-state index in [9.17, 15) is 9.59 Å². The highest BCUT2D eigenvalue weighted by atomic mass is 16.5. The van der Waals surface area contributed by atoms with Crippen LogP contribution in [0.25, 0.3) is 0 Å². The van der Waals surface area contributed by atoms with Crippen molar-refractivity contribution >= 4 is 17.5 Å². The van der Waals surface area contributed by atoms with Crippen LogP contribution >= 0.6 is 0 Å². The van der Waals surface area contributed by atoms with Crippen molar-refractivity contribution in [2.45, 2.75) is 32.3 Å². The SMILES string of the molecule is CCOC1CCN(C(=O)C2CC(=O)N(c3ccc(OC)cc3)C2)CC1. The van der Waals surface area contributed by atoms with Crippen molar-refractivity contribution in [1.29, 1.82) is 0 Å². The van der Waals surface area contributed by atoms with Crippen molar-refractivity contribution in [3.8, 4) is 5.75 Å². The lowest BCUT2D eigenvalue weighted by atomic mass is 10.0. The summed E-state index contributed by atoms with van der Waals surface area (Å²) in [6.45, 7) is 4.60. The zero-order valence-electron chi connectivity index (χ0n) is 14.9. The number of carbonyl (C=O) groups excluding carboxylic acids is 2. The first-order chi connectivity index (χ1) is 12.1. The lowest BCUT2D eigenvalue weighted by Gasteiger charge is -2.33. The molecule has 1 unspecified atom stereocenters. The summed E-state index contributed by atoms with van der Waals surface area (Å²) in [5.74, 6) is 0.602. The summed E-state index contributed by atoms with van der Waals surface area (Å²) in [7, 11) is 1.61. The number of likely N-dealkylation sites (tertiary alicyclic amines) is 1. The number of ether oxygens (including phenoxy) is 2. The fourth-order valence-corrected chi connectivity index (χ4v) is 3.62. The lowest BCUT2D eigenvalue weighted by molar-refractivity contribution is -0.138. The van der Waals surface area contributed by atoms with Crippen LogP contribution in [-0.4, -0.2) is 56.2 Å². The summed E-state index contributed by atoms with van der Waals surface area (Å²) in [6.07, 6.45) is 2.30. The molecule has 1 atom stereocenters. The standard InChI is InChI=1S/C19H26N2O4/c1-3-25-17-8-10-20(11-9-17)19(23)14-12-18(22)21(13-14)15-4-6-16(24-2)7-5-15/h4-7,14,17H,3,8-13H2,1-2H3. The second-order valence-electron chi connectivity index (χ2n) is 6.58. The second kappa shape index (κ2) is 7.87. The number of hydrogen-bond acceptors (Lipinski definition) is 4. The van der Waals surface area contributed by atoms with Gasteiger partial charge >= 0.3 is 0 Å². The van der Waals surface area contributed by atoms with E-state index in [4.69, 9.17) is 9.47 Å². The molecule has 2 amide bonds. The van der Waals surface area contributed by atoms with Gasteiger partial charge in [-0.1, -0.05) is 0 Å². The minimum Gasteiger partial charge on any atom is -0.497 e. The quantitative estimate of drug-likeness (QED) is 0.819. The van der Waals surface area contributed by atoms with Crippen molar-refractivity contribution in [2.24, 2.45) is 5.92 Å². The second-order valence-corrected chi connectivity index (χ2v) is 6.58. The van der Waals surface area contributed by atoms with E-state index < -0.39 is 0 Å². The molecule has 2 aliphatic rings. The molecule has 1 aromatic rings. The third-order valence-corrected chi connectivity index (χ3v) is 5.01. The van der Waals surface area contributed by atoms with Gasteiger partial charge in [-0.25, -0.2) is 0 Å². The van der Waals surface area contributed by atoms with Gasteiger partial charge in [-0.2, -0.15) is 0 Å². The molecule has 6 nitrogen and oxygen atoms in total. The highest BCUT2D eigenvalue weighted by molar-refractivity contribution is 6.00. The maximum Gasteiger partial charge on any atom is 0.228 e. The molecule has 2 heterocycles. The normalized spacial score (nSPS) is 21.7. The first-order valence-electron chi connectivity index (χ1n) is 8.97. The van der Waals surface area contributed by atoms with Gasteiger partial charge in [0.25, 0.3) is 0 Å². The van der Waals surface area contributed by atoms with Crippen LogP contribution in [0.5, 0.6) is 5.75 Å². The van der Waals surface area contributed by atoms with E-state index in [0.29, 0.717) is 13.2 Å². The van der Waals surface area contributed by atoms with Crippen molar-refractivity contribution in [2.75, 3.05) is 38.3 Å². The minimum absolute atomic E-state index is 0.00715. The number of nitrogens with zero attached hydrogens (tertiary/aromatic N) is 2. The molecule has 0 N–H and O–H groups in total. The van der Waals surface area contributed by atoms with Gasteiger partial charge in [-0.15, -0.1) is 0 Å². The van der Waals surface area contributed by atoms with E-state index >= 15 is 0 Å². The van der Waals surface area contributed by atoms with Crippen LogP contribution in [0.2, 0.25) is 0 Å².